The number of aliphatic imine (C=N–C) groups is 1. The molecule has 0 aliphatic carbocycles. The van der Waals surface area contributed by atoms with Crippen molar-refractivity contribution in [3.63, 3.8) is 0 Å². The molecule has 3 aliphatic rings. The maximum atomic E-state index is 5.99. The van der Waals surface area contributed by atoms with Gasteiger partial charge in [-0.15, -0.1) is 0 Å². The van der Waals surface area contributed by atoms with Gasteiger partial charge in [0.15, 0.2) is 5.82 Å². The number of fused-ring (bicyclic) bond motifs is 4. The third-order valence-corrected chi connectivity index (χ3v) is 4.61. The molecule has 1 fully saturated rings. The second-order valence-corrected chi connectivity index (χ2v) is 5.89. The number of aromatic nitrogens is 2. The van der Waals surface area contributed by atoms with Crippen molar-refractivity contribution >= 4 is 29.1 Å². The molecule has 7 heteroatoms. The molecule has 4 rings (SSSR count). The van der Waals surface area contributed by atoms with Crippen molar-refractivity contribution in [2.45, 2.75) is 24.8 Å². The van der Waals surface area contributed by atoms with E-state index in [0.29, 0.717) is 0 Å². The van der Waals surface area contributed by atoms with Crippen LogP contribution >= 0.6 is 11.6 Å². The fourth-order valence-electron chi connectivity index (χ4n) is 3.38. The van der Waals surface area contributed by atoms with Crippen molar-refractivity contribution < 1.29 is 4.74 Å². The van der Waals surface area contributed by atoms with Gasteiger partial charge in [0.25, 0.3) is 0 Å². The summed E-state index contributed by atoms with van der Waals surface area (Å²) in [6.07, 6.45) is 4.85. The van der Waals surface area contributed by atoms with E-state index in [0.717, 1.165) is 56.5 Å². The minimum absolute atomic E-state index is 0.0109. The zero-order chi connectivity index (χ0) is 13.7. The molecule has 0 saturated carbocycles. The normalized spacial score (nSPS) is 28.4. The number of hydrogen-bond donors (Lipinski definition) is 0. The van der Waals surface area contributed by atoms with Crippen LogP contribution in [-0.2, 0) is 4.74 Å². The van der Waals surface area contributed by atoms with Crippen LogP contribution < -0.4 is 9.80 Å². The van der Waals surface area contributed by atoms with Gasteiger partial charge in [0, 0.05) is 20.3 Å². The summed E-state index contributed by atoms with van der Waals surface area (Å²) in [6.45, 7) is 2.41. The Labute approximate surface area is 122 Å². The number of halogens is 1. The van der Waals surface area contributed by atoms with Crippen molar-refractivity contribution in [3.05, 3.63) is 11.5 Å². The van der Waals surface area contributed by atoms with E-state index in [9.17, 15) is 0 Å². The first-order valence-corrected chi connectivity index (χ1v) is 7.28. The van der Waals surface area contributed by atoms with E-state index in [1.807, 2.05) is 11.9 Å². The summed E-state index contributed by atoms with van der Waals surface area (Å²) in [4.78, 5) is 17.6. The lowest BCUT2D eigenvalue weighted by Gasteiger charge is -2.35. The highest BCUT2D eigenvalue weighted by Crippen LogP contribution is 2.45. The van der Waals surface area contributed by atoms with Crippen molar-refractivity contribution in [2.24, 2.45) is 4.99 Å². The van der Waals surface area contributed by atoms with E-state index in [1.165, 1.54) is 0 Å². The molecule has 106 valence electrons. The van der Waals surface area contributed by atoms with Crippen LogP contribution in [0.1, 0.15) is 19.3 Å². The van der Waals surface area contributed by atoms with E-state index >= 15 is 0 Å². The van der Waals surface area contributed by atoms with Crippen LogP contribution in [0.2, 0.25) is 5.28 Å². The third-order valence-electron chi connectivity index (χ3n) is 4.43. The highest BCUT2D eigenvalue weighted by molar-refractivity contribution is 6.28. The minimum atomic E-state index is -0.0109. The maximum Gasteiger partial charge on any atom is 0.224 e. The van der Waals surface area contributed by atoms with Crippen LogP contribution in [-0.4, -0.2) is 48.3 Å². The quantitative estimate of drug-likeness (QED) is 0.682. The van der Waals surface area contributed by atoms with Gasteiger partial charge in [-0.1, -0.05) is 0 Å². The number of anilines is 2. The summed E-state index contributed by atoms with van der Waals surface area (Å²) in [5.74, 6) is 1.84. The lowest BCUT2D eigenvalue weighted by Crippen LogP contribution is -2.50. The van der Waals surface area contributed by atoms with Gasteiger partial charge in [-0.25, -0.2) is 9.98 Å². The largest absolute Gasteiger partial charge is 0.381 e. The van der Waals surface area contributed by atoms with Gasteiger partial charge in [0.1, 0.15) is 5.69 Å². The number of ether oxygens (including phenoxy) is 1. The summed E-state index contributed by atoms with van der Waals surface area (Å²) >= 11 is 5.99. The Kier molecular flexibility index (Phi) is 2.65. The molecule has 0 N–H and O–H groups in total. The Morgan fingerprint density at radius 1 is 1.35 bits per heavy atom. The maximum absolute atomic E-state index is 5.99. The Bertz CT molecular complexity index is 582. The lowest BCUT2D eigenvalue weighted by atomic mass is 9.90. The standard InChI is InChI=1S/C13H16ClN5O/c1-18-9-7-15-11(14)17-10(9)19-12(18)16-8-13(19)3-2-5-20-6-4-13/h7H,2-6,8H2,1H3. The molecule has 1 aromatic heterocycles. The average Bonchev–Trinajstić information content (AvgIpc) is 2.80. The fourth-order valence-corrected chi connectivity index (χ4v) is 3.50. The summed E-state index contributed by atoms with van der Waals surface area (Å²) in [5.41, 5.74) is 0.959. The minimum Gasteiger partial charge on any atom is -0.381 e. The van der Waals surface area contributed by atoms with Gasteiger partial charge in [-0.2, -0.15) is 4.98 Å². The molecule has 0 amide bonds. The summed E-state index contributed by atoms with van der Waals surface area (Å²) in [6, 6.07) is 0. The summed E-state index contributed by atoms with van der Waals surface area (Å²) in [5, 5.41) is 0.283. The van der Waals surface area contributed by atoms with Crippen LogP contribution in [0.3, 0.4) is 0 Å². The molecule has 1 spiro atoms. The number of rotatable bonds is 0. The second kappa shape index (κ2) is 4.30. The first-order chi connectivity index (χ1) is 9.71. The summed E-state index contributed by atoms with van der Waals surface area (Å²) in [7, 11) is 2.00. The first kappa shape index (κ1) is 12.3. The molecule has 1 unspecified atom stereocenters. The molecule has 1 atom stereocenters. The van der Waals surface area contributed by atoms with Gasteiger partial charge >= 0.3 is 0 Å². The number of hydrogen-bond acceptors (Lipinski definition) is 6. The van der Waals surface area contributed by atoms with Crippen LogP contribution in [0, 0.1) is 0 Å². The number of guanidine groups is 1. The molecule has 0 bridgehead atoms. The van der Waals surface area contributed by atoms with Gasteiger partial charge in [0.2, 0.25) is 11.2 Å². The van der Waals surface area contributed by atoms with E-state index in [2.05, 4.69) is 14.9 Å². The molecule has 1 saturated heterocycles. The van der Waals surface area contributed by atoms with Crippen LogP contribution in [0.4, 0.5) is 11.5 Å². The van der Waals surface area contributed by atoms with Gasteiger partial charge in [-0.3, -0.25) is 4.90 Å². The smallest absolute Gasteiger partial charge is 0.224 e. The van der Waals surface area contributed by atoms with Crippen LogP contribution in [0.25, 0.3) is 0 Å². The zero-order valence-electron chi connectivity index (χ0n) is 11.3. The Hall–Kier alpha value is -1.40. The lowest BCUT2D eigenvalue weighted by molar-refractivity contribution is 0.140. The molecular formula is C13H16ClN5O. The number of nitrogens with zero attached hydrogens (tertiary/aromatic N) is 5. The molecule has 0 aromatic carbocycles. The third kappa shape index (κ3) is 1.58. The van der Waals surface area contributed by atoms with E-state index in [-0.39, 0.29) is 10.8 Å². The van der Waals surface area contributed by atoms with E-state index in [1.54, 1.807) is 6.20 Å². The molecule has 20 heavy (non-hydrogen) atoms. The van der Waals surface area contributed by atoms with Crippen molar-refractivity contribution in [1.82, 2.24) is 9.97 Å². The van der Waals surface area contributed by atoms with E-state index < -0.39 is 0 Å². The van der Waals surface area contributed by atoms with Crippen molar-refractivity contribution in [1.29, 1.82) is 0 Å². The molecule has 4 heterocycles. The second-order valence-electron chi connectivity index (χ2n) is 5.55. The summed E-state index contributed by atoms with van der Waals surface area (Å²) < 4.78 is 5.62. The molecule has 1 aromatic rings. The topological polar surface area (TPSA) is 53.9 Å². The van der Waals surface area contributed by atoms with Gasteiger partial charge < -0.3 is 9.64 Å². The highest BCUT2D eigenvalue weighted by Gasteiger charge is 2.50. The first-order valence-electron chi connectivity index (χ1n) is 6.90. The molecule has 0 radical (unpaired) electrons. The van der Waals surface area contributed by atoms with E-state index in [4.69, 9.17) is 21.3 Å². The van der Waals surface area contributed by atoms with Crippen LogP contribution in [0.5, 0.6) is 0 Å². The fraction of sp³-hybridized carbons (Fsp3) is 0.615. The van der Waals surface area contributed by atoms with Crippen LogP contribution in [0.15, 0.2) is 11.2 Å². The van der Waals surface area contributed by atoms with Gasteiger partial charge in [-0.05, 0) is 30.9 Å². The SMILES string of the molecule is CN1C2=NCC3(CCCOCC3)N2c2nc(Cl)ncc21. The Morgan fingerprint density at radius 3 is 3.15 bits per heavy atom. The molecular weight excluding hydrogens is 278 g/mol. The highest BCUT2D eigenvalue weighted by atomic mass is 35.5. The predicted octanol–water partition coefficient (Wildman–Crippen LogP) is 1.70. The van der Waals surface area contributed by atoms with Crippen molar-refractivity contribution in [2.75, 3.05) is 36.6 Å². The Morgan fingerprint density at radius 2 is 2.25 bits per heavy atom. The van der Waals surface area contributed by atoms with Crippen molar-refractivity contribution in [3.8, 4) is 0 Å². The predicted molar refractivity (Wildman–Crippen MR) is 77.6 cm³/mol. The molecule has 3 aliphatic heterocycles. The Balaban J connectivity index is 1.82. The average molecular weight is 294 g/mol. The monoisotopic (exact) mass is 293 g/mol. The van der Waals surface area contributed by atoms with Gasteiger partial charge in [0.05, 0.1) is 18.3 Å². The molecule has 6 nitrogen and oxygen atoms in total. The zero-order valence-corrected chi connectivity index (χ0v) is 12.1.